The highest BCUT2D eigenvalue weighted by atomic mass is 31.2. The summed E-state index contributed by atoms with van der Waals surface area (Å²) in [6, 6.07) is 2.79. The number of rotatable bonds is 5. The first kappa shape index (κ1) is 23.3. The van der Waals surface area contributed by atoms with Crippen LogP contribution in [0.4, 0.5) is 19.1 Å². The van der Waals surface area contributed by atoms with Crippen LogP contribution in [-0.2, 0) is 10.7 Å². The first-order chi connectivity index (χ1) is 15.5. The van der Waals surface area contributed by atoms with Gasteiger partial charge in [0.25, 0.3) is 0 Å². The van der Waals surface area contributed by atoms with Gasteiger partial charge in [0, 0.05) is 34.7 Å². The quantitative estimate of drug-likeness (QED) is 0.426. The van der Waals surface area contributed by atoms with E-state index in [4.69, 9.17) is 0 Å². The second-order valence-corrected chi connectivity index (χ2v) is 11.8. The fourth-order valence-corrected chi connectivity index (χ4v) is 5.88. The van der Waals surface area contributed by atoms with Gasteiger partial charge in [-0.3, -0.25) is 0 Å². The summed E-state index contributed by atoms with van der Waals surface area (Å²) in [6.45, 7) is 2.85. The van der Waals surface area contributed by atoms with Crippen LogP contribution in [-0.4, -0.2) is 45.4 Å². The highest BCUT2D eigenvalue weighted by Gasteiger charge is 2.37. The monoisotopic (exact) mass is 480 g/mol. The molecule has 2 aromatic heterocycles. The van der Waals surface area contributed by atoms with Crippen LogP contribution in [0.1, 0.15) is 48.0 Å². The Hall–Kier alpha value is -2.87. The standard InChI is InChI=1S/C22H24F3N4O3P/c1-33(2,32)19-14(20(30)31)9-8-13-15(10-26-18(13)19)17-16(22(23,24)25)11-27-21(29-17)28-12-6-4-3-5-7-12/h8-12,26H,3-7H2,1-2H3,(H,30,31)(H,27,28,29). The summed E-state index contributed by atoms with van der Waals surface area (Å²) in [7, 11) is -3.09. The number of carboxylic acids is 1. The third kappa shape index (κ3) is 4.62. The Bertz CT molecular complexity index is 1260. The van der Waals surface area contributed by atoms with Gasteiger partial charge in [0.1, 0.15) is 12.7 Å². The number of benzene rings is 1. The van der Waals surface area contributed by atoms with E-state index in [1.54, 1.807) is 0 Å². The summed E-state index contributed by atoms with van der Waals surface area (Å²) < 4.78 is 54.4. The van der Waals surface area contributed by atoms with Gasteiger partial charge >= 0.3 is 12.1 Å². The number of aromatic carboxylic acids is 1. The van der Waals surface area contributed by atoms with E-state index in [-0.39, 0.29) is 39.6 Å². The van der Waals surface area contributed by atoms with Crippen molar-refractivity contribution in [2.45, 2.75) is 44.3 Å². The Balaban J connectivity index is 1.90. The van der Waals surface area contributed by atoms with Crippen LogP contribution in [0.25, 0.3) is 22.2 Å². The molecule has 7 nitrogen and oxygen atoms in total. The zero-order chi connectivity index (χ0) is 24.0. The molecule has 2 heterocycles. The van der Waals surface area contributed by atoms with Gasteiger partial charge in [0.2, 0.25) is 5.95 Å². The van der Waals surface area contributed by atoms with Crippen LogP contribution in [0.15, 0.2) is 24.5 Å². The molecule has 1 fully saturated rings. The molecule has 0 bridgehead atoms. The molecular formula is C22H24F3N4O3P. The molecule has 33 heavy (non-hydrogen) atoms. The number of halogens is 3. The lowest BCUT2D eigenvalue weighted by Gasteiger charge is -2.23. The summed E-state index contributed by atoms with van der Waals surface area (Å²) in [5.74, 6) is -1.15. The van der Waals surface area contributed by atoms with E-state index < -0.39 is 24.9 Å². The Morgan fingerprint density at radius 1 is 1.21 bits per heavy atom. The molecule has 0 unspecified atom stereocenters. The predicted molar refractivity (Wildman–Crippen MR) is 121 cm³/mol. The van der Waals surface area contributed by atoms with Crippen molar-refractivity contribution in [3.8, 4) is 11.3 Å². The van der Waals surface area contributed by atoms with Gasteiger partial charge in [0.05, 0.1) is 16.8 Å². The normalized spacial score (nSPS) is 15.7. The van der Waals surface area contributed by atoms with Crippen molar-refractivity contribution in [2.24, 2.45) is 0 Å². The number of H-pyrrole nitrogens is 1. The molecule has 0 aliphatic heterocycles. The van der Waals surface area contributed by atoms with E-state index in [0.717, 1.165) is 38.3 Å². The maximum Gasteiger partial charge on any atom is 0.419 e. The molecule has 4 rings (SSSR count). The van der Waals surface area contributed by atoms with E-state index in [0.29, 0.717) is 5.39 Å². The third-order valence-corrected chi connectivity index (χ3v) is 7.43. The van der Waals surface area contributed by atoms with Crippen LogP contribution in [0, 0.1) is 0 Å². The minimum Gasteiger partial charge on any atom is -0.478 e. The molecule has 11 heteroatoms. The van der Waals surface area contributed by atoms with Gasteiger partial charge in [0.15, 0.2) is 0 Å². The van der Waals surface area contributed by atoms with E-state index in [1.807, 2.05) is 0 Å². The minimum absolute atomic E-state index is 0.0851. The van der Waals surface area contributed by atoms with Crippen LogP contribution >= 0.6 is 7.14 Å². The highest BCUT2D eigenvalue weighted by Crippen LogP contribution is 2.43. The Kier molecular flexibility index (Phi) is 5.99. The molecule has 0 amide bonds. The van der Waals surface area contributed by atoms with Crippen LogP contribution in [0.5, 0.6) is 0 Å². The summed E-state index contributed by atoms with van der Waals surface area (Å²) in [4.78, 5) is 22.7. The highest BCUT2D eigenvalue weighted by molar-refractivity contribution is 7.70. The first-order valence-corrected chi connectivity index (χ1v) is 13.2. The molecule has 0 atom stereocenters. The fourth-order valence-electron chi connectivity index (χ4n) is 4.41. The maximum absolute atomic E-state index is 13.8. The number of alkyl halides is 3. The summed E-state index contributed by atoms with van der Waals surface area (Å²) in [6.07, 6.45) is 2.42. The van der Waals surface area contributed by atoms with E-state index >= 15 is 0 Å². The van der Waals surface area contributed by atoms with Gasteiger partial charge in [-0.1, -0.05) is 25.3 Å². The zero-order valence-electron chi connectivity index (χ0n) is 18.2. The van der Waals surface area contributed by atoms with Crippen molar-refractivity contribution in [3.63, 3.8) is 0 Å². The molecule has 0 spiro atoms. The molecular weight excluding hydrogens is 456 g/mol. The summed E-state index contributed by atoms with van der Waals surface area (Å²) in [5, 5.41) is 13.1. The van der Waals surface area contributed by atoms with Gasteiger partial charge in [-0.2, -0.15) is 13.2 Å². The maximum atomic E-state index is 13.8. The van der Waals surface area contributed by atoms with Gasteiger partial charge in [-0.15, -0.1) is 0 Å². The van der Waals surface area contributed by atoms with E-state index in [9.17, 15) is 27.6 Å². The number of aromatic amines is 1. The smallest absolute Gasteiger partial charge is 0.419 e. The third-order valence-electron chi connectivity index (χ3n) is 5.89. The average molecular weight is 480 g/mol. The predicted octanol–water partition coefficient (Wildman–Crippen LogP) is 5.33. The second-order valence-electron chi connectivity index (χ2n) is 8.68. The first-order valence-electron chi connectivity index (χ1n) is 10.6. The number of nitrogens with one attached hydrogen (secondary N) is 2. The molecule has 0 saturated heterocycles. The molecule has 3 N–H and O–H groups in total. The Labute approximate surface area is 188 Å². The lowest BCUT2D eigenvalue weighted by Crippen LogP contribution is -2.24. The van der Waals surface area contributed by atoms with Crippen LogP contribution in [0.2, 0.25) is 0 Å². The SMILES string of the molecule is CP(C)(=O)c1c(C(=O)O)ccc2c(-c3nc(NC4CCCCC4)ncc3C(F)(F)F)c[nH]c12. The van der Waals surface area contributed by atoms with Crippen molar-refractivity contribution >= 4 is 35.3 Å². The van der Waals surface area contributed by atoms with Crippen molar-refractivity contribution in [1.82, 2.24) is 15.0 Å². The van der Waals surface area contributed by atoms with Gasteiger partial charge < -0.3 is 20.0 Å². The minimum atomic E-state index is -4.70. The Morgan fingerprint density at radius 2 is 1.91 bits per heavy atom. The lowest BCUT2D eigenvalue weighted by atomic mass is 9.96. The average Bonchev–Trinajstić information content (AvgIpc) is 3.16. The molecule has 176 valence electrons. The van der Waals surface area contributed by atoms with Crippen molar-refractivity contribution in [1.29, 1.82) is 0 Å². The molecule has 1 aromatic carbocycles. The summed E-state index contributed by atoms with van der Waals surface area (Å²) >= 11 is 0. The number of nitrogens with zero attached hydrogens (tertiary/aromatic N) is 2. The number of fused-ring (bicyclic) bond motifs is 1. The molecule has 1 aliphatic rings. The van der Waals surface area contributed by atoms with E-state index in [2.05, 4.69) is 20.3 Å². The molecule has 3 aromatic rings. The largest absolute Gasteiger partial charge is 0.478 e. The summed E-state index contributed by atoms with van der Waals surface area (Å²) in [5.41, 5.74) is -1.11. The van der Waals surface area contributed by atoms with Crippen LogP contribution < -0.4 is 10.6 Å². The van der Waals surface area contributed by atoms with Crippen molar-refractivity contribution in [3.05, 3.63) is 35.7 Å². The number of hydrogen-bond acceptors (Lipinski definition) is 5. The molecule has 0 radical (unpaired) electrons. The zero-order valence-corrected chi connectivity index (χ0v) is 19.1. The van der Waals surface area contributed by atoms with Crippen molar-refractivity contribution in [2.75, 3.05) is 18.6 Å². The fraction of sp³-hybridized carbons (Fsp3) is 0.409. The topological polar surface area (TPSA) is 108 Å². The van der Waals surface area contributed by atoms with Gasteiger partial charge in [-0.25, -0.2) is 14.8 Å². The van der Waals surface area contributed by atoms with Gasteiger partial charge in [-0.05, 0) is 32.2 Å². The van der Waals surface area contributed by atoms with E-state index in [1.165, 1.54) is 31.7 Å². The number of carbonyl (C=O) groups is 1. The Morgan fingerprint density at radius 3 is 2.52 bits per heavy atom. The van der Waals surface area contributed by atoms with Crippen LogP contribution in [0.3, 0.4) is 0 Å². The number of hydrogen-bond donors (Lipinski definition) is 3. The number of carboxylic acid groups (broad SMARTS) is 1. The van der Waals surface area contributed by atoms with Crippen molar-refractivity contribution < 1.29 is 27.6 Å². The molecule has 1 saturated carbocycles. The second kappa shape index (κ2) is 8.48. The molecule has 1 aliphatic carbocycles. The lowest BCUT2D eigenvalue weighted by molar-refractivity contribution is -0.137. The number of anilines is 1. The number of aromatic nitrogens is 3.